The van der Waals surface area contributed by atoms with Crippen molar-refractivity contribution in [3.8, 4) is 5.75 Å². The number of H-pyrrole nitrogens is 1. The number of nitrogens with one attached hydrogen (secondary N) is 1. The molecule has 0 atom stereocenters. The van der Waals surface area contributed by atoms with E-state index in [-0.39, 0.29) is 23.7 Å². The highest BCUT2D eigenvalue weighted by molar-refractivity contribution is 6.30. The predicted octanol–water partition coefficient (Wildman–Crippen LogP) is 2.06. The lowest BCUT2D eigenvalue weighted by Gasteiger charge is -2.36. The van der Waals surface area contributed by atoms with Gasteiger partial charge in [0, 0.05) is 49.2 Å². The van der Waals surface area contributed by atoms with Crippen LogP contribution in [0.2, 0.25) is 5.02 Å². The fourth-order valence-corrected chi connectivity index (χ4v) is 2.96. The SMILES string of the molecule is Cc1[nH]ccc(=O)c1OCC(=O)N1CCN(c2ccc(Cl)cc2)CC1. The number of nitrogens with zero attached hydrogens (tertiary/aromatic N) is 2. The van der Waals surface area contributed by atoms with Crippen molar-refractivity contribution in [3.63, 3.8) is 0 Å². The summed E-state index contributed by atoms with van der Waals surface area (Å²) in [4.78, 5) is 31.0. The zero-order valence-corrected chi connectivity index (χ0v) is 14.8. The van der Waals surface area contributed by atoms with Crippen molar-refractivity contribution in [2.45, 2.75) is 6.92 Å². The Bertz CT molecular complexity index is 796. The highest BCUT2D eigenvalue weighted by atomic mass is 35.5. The van der Waals surface area contributed by atoms with E-state index in [0.29, 0.717) is 23.8 Å². The minimum atomic E-state index is -0.225. The molecule has 0 radical (unpaired) electrons. The first kappa shape index (κ1) is 17.4. The van der Waals surface area contributed by atoms with E-state index in [9.17, 15) is 9.59 Å². The molecule has 25 heavy (non-hydrogen) atoms. The van der Waals surface area contributed by atoms with Crippen molar-refractivity contribution in [1.29, 1.82) is 0 Å². The molecule has 0 bridgehead atoms. The number of aryl methyl sites for hydroxylation is 1. The summed E-state index contributed by atoms with van der Waals surface area (Å²) >= 11 is 5.91. The first-order valence-corrected chi connectivity index (χ1v) is 8.52. The molecule has 1 aliphatic heterocycles. The molecule has 1 aromatic heterocycles. The molecular weight excluding hydrogens is 342 g/mol. The van der Waals surface area contributed by atoms with Gasteiger partial charge >= 0.3 is 0 Å². The van der Waals surface area contributed by atoms with E-state index in [0.717, 1.165) is 18.8 Å². The van der Waals surface area contributed by atoms with E-state index in [1.54, 1.807) is 18.0 Å². The van der Waals surface area contributed by atoms with E-state index in [4.69, 9.17) is 16.3 Å². The third kappa shape index (κ3) is 4.14. The molecule has 0 unspecified atom stereocenters. The van der Waals surface area contributed by atoms with Crippen LogP contribution in [-0.4, -0.2) is 48.6 Å². The minimum absolute atomic E-state index is 0.113. The third-order valence-corrected chi connectivity index (χ3v) is 4.52. The molecule has 7 heteroatoms. The molecule has 1 aromatic carbocycles. The number of benzene rings is 1. The number of ether oxygens (including phenoxy) is 1. The van der Waals surface area contributed by atoms with Crippen LogP contribution in [0, 0.1) is 6.92 Å². The van der Waals surface area contributed by atoms with Crippen LogP contribution in [-0.2, 0) is 4.79 Å². The standard InChI is InChI=1S/C18H20ClN3O3/c1-13-18(16(23)6-7-20-13)25-12-17(24)22-10-8-21(9-11-22)15-4-2-14(19)3-5-15/h2-7H,8-12H2,1H3,(H,20,23). The monoisotopic (exact) mass is 361 g/mol. The Balaban J connectivity index is 1.53. The predicted molar refractivity (Wildman–Crippen MR) is 97.5 cm³/mol. The average Bonchev–Trinajstić information content (AvgIpc) is 2.62. The van der Waals surface area contributed by atoms with Crippen molar-refractivity contribution in [2.75, 3.05) is 37.7 Å². The quantitative estimate of drug-likeness (QED) is 0.905. The van der Waals surface area contributed by atoms with Gasteiger partial charge in [0.1, 0.15) is 0 Å². The topological polar surface area (TPSA) is 65.6 Å². The second-order valence-electron chi connectivity index (χ2n) is 5.93. The van der Waals surface area contributed by atoms with Gasteiger partial charge in [-0.25, -0.2) is 0 Å². The number of aromatic nitrogens is 1. The highest BCUT2D eigenvalue weighted by Crippen LogP contribution is 2.19. The molecule has 1 amide bonds. The summed E-state index contributed by atoms with van der Waals surface area (Å²) < 4.78 is 5.44. The van der Waals surface area contributed by atoms with E-state index >= 15 is 0 Å². The van der Waals surface area contributed by atoms with Gasteiger partial charge in [0.25, 0.3) is 5.91 Å². The van der Waals surface area contributed by atoms with E-state index < -0.39 is 0 Å². The largest absolute Gasteiger partial charge is 0.478 e. The molecule has 1 N–H and O–H groups in total. The van der Waals surface area contributed by atoms with Crippen molar-refractivity contribution in [1.82, 2.24) is 9.88 Å². The summed E-state index contributed by atoms with van der Waals surface area (Å²) in [7, 11) is 0. The minimum Gasteiger partial charge on any atom is -0.478 e. The van der Waals surface area contributed by atoms with Crippen LogP contribution >= 0.6 is 11.6 Å². The van der Waals surface area contributed by atoms with Crippen LogP contribution in [0.3, 0.4) is 0 Å². The molecule has 1 saturated heterocycles. The number of anilines is 1. The Morgan fingerprint density at radius 1 is 1.16 bits per heavy atom. The number of rotatable bonds is 4. The number of amides is 1. The fraction of sp³-hybridized carbons (Fsp3) is 0.333. The Morgan fingerprint density at radius 2 is 1.84 bits per heavy atom. The van der Waals surface area contributed by atoms with Crippen LogP contribution in [0.4, 0.5) is 5.69 Å². The second kappa shape index (κ2) is 7.61. The molecule has 6 nitrogen and oxygen atoms in total. The fourth-order valence-electron chi connectivity index (χ4n) is 2.84. The number of piperazine rings is 1. The summed E-state index contributed by atoms with van der Waals surface area (Å²) in [5, 5.41) is 0.709. The first-order valence-electron chi connectivity index (χ1n) is 8.14. The van der Waals surface area contributed by atoms with Crippen molar-refractivity contribution < 1.29 is 9.53 Å². The van der Waals surface area contributed by atoms with Crippen molar-refractivity contribution in [3.05, 3.63) is 57.5 Å². The maximum atomic E-state index is 12.3. The molecule has 2 heterocycles. The first-order chi connectivity index (χ1) is 12.0. The number of halogens is 1. The van der Waals surface area contributed by atoms with Gasteiger partial charge in [0.15, 0.2) is 12.4 Å². The maximum Gasteiger partial charge on any atom is 0.260 e. The highest BCUT2D eigenvalue weighted by Gasteiger charge is 2.22. The zero-order valence-electron chi connectivity index (χ0n) is 14.0. The van der Waals surface area contributed by atoms with Gasteiger partial charge in [-0.05, 0) is 31.2 Å². The second-order valence-corrected chi connectivity index (χ2v) is 6.37. The van der Waals surface area contributed by atoms with Gasteiger partial charge in [-0.15, -0.1) is 0 Å². The van der Waals surface area contributed by atoms with Gasteiger partial charge in [0.2, 0.25) is 5.43 Å². The van der Waals surface area contributed by atoms with E-state index in [1.165, 1.54) is 6.07 Å². The Hall–Kier alpha value is -2.47. The van der Waals surface area contributed by atoms with Gasteiger partial charge in [0.05, 0.1) is 5.69 Å². The Labute approximate surface area is 151 Å². The average molecular weight is 362 g/mol. The molecule has 2 aromatic rings. The van der Waals surface area contributed by atoms with Crippen LogP contribution in [0.25, 0.3) is 0 Å². The maximum absolute atomic E-state index is 12.3. The normalized spacial score (nSPS) is 14.5. The van der Waals surface area contributed by atoms with Gasteiger partial charge in [-0.2, -0.15) is 0 Å². The number of carbonyl (C=O) groups excluding carboxylic acids is 1. The van der Waals surface area contributed by atoms with Crippen molar-refractivity contribution >= 4 is 23.2 Å². The number of pyridine rings is 1. The lowest BCUT2D eigenvalue weighted by atomic mass is 10.2. The number of hydrogen-bond acceptors (Lipinski definition) is 4. The number of aromatic amines is 1. The number of hydrogen-bond donors (Lipinski definition) is 1. The van der Waals surface area contributed by atoms with Crippen molar-refractivity contribution in [2.24, 2.45) is 0 Å². The molecule has 3 rings (SSSR count). The number of carbonyl (C=O) groups is 1. The lowest BCUT2D eigenvalue weighted by molar-refractivity contribution is -0.133. The molecular formula is C18H20ClN3O3. The van der Waals surface area contributed by atoms with Gasteiger partial charge < -0.3 is 19.5 Å². The summed E-state index contributed by atoms with van der Waals surface area (Å²) in [6.07, 6.45) is 1.56. The van der Waals surface area contributed by atoms with Crippen LogP contribution < -0.4 is 15.1 Å². The van der Waals surface area contributed by atoms with Crippen LogP contribution in [0.5, 0.6) is 5.75 Å². The van der Waals surface area contributed by atoms with E-state index in [2.05, 4.69) is 9.88 Å². The van der Waals surface area contributed by atoms with Gasteiger partial charge in [-0.1, -0.05) is 11.6 Å². The molecule has 1 aliphatic rings. The Morgan fingerprint density at radius 3 is 2.48 bits per heavy atom. The Kier molecular flexibility index (Phi) is 5.28. The summed E-state index contributed by atoms with van der Waals surface area (Å²) in [6.45, 7) is 4.35. The molecule has 1 fully saturated rings. The molecule has 132 valence electrons. The summed E-state index contributed by atoms with van der Waals surface area (Å²) in [5.74, 6) is 0.0917. The lowest BCUT2D eigenvalue weighted by Crippen LogP contribution is -2.50. The molecule has 0 spiro atoms. The van der Waals surface area contributed by atoms with E-state index in [1.807, 2.05) is 24.3 Å². The molecule has 0 aliphatic carbocycles. The zero-order chi connectivity index (χ0) is 17.8. The van der Waals surface area contributed by atoms with Crippen LogP contribution in [0.1, 0.15) is 5.69 Å². The summed E-state index contributed by atoms with van der Waals surface area (Å²) in [6, 6.07) is 9.07. The summed E-state index contributed by atoms with van der Waals surface area (Å²) in [5.41, 5.74) is 1.49. The third-order valence-electron chi connectivity index (χ3n) is 4.26. The molecule has 0 saturated carbocycles. The van der Waals surface area contributed by atoms with Crippen LogP contribution in [0.15, 0.2) is 41.3 Å². The smallest absolute Gasteiger partial charge is 0.260 e. The van der Waals surface area contributed by atoms with Gasteiger partial charge in [-0.3, -0.25) is 9.59 Å².